The number of nitriles is 1. The second-order valence-corrected chi connectivity index (χ2v) is 7.54. The molecule has 0 unspecified atom stereocenters. The van der Waals surface area contributed by atoms with Gasteiger partial charge in [0.25, 0.3) is 0 Å². The predicted molar refractivity (Wildman–Crippen MR) is 122 cm³/mol. The Hall–Kier alpha value is -3.44. The number of hydrogen-bond donors (Lipinski definition) is 3. The summed E-state index contributed by atoms with van der Waals surface area (Å²) in [7, 11) is 0. The Balaban J connectivity index is 1.30. The molecule has 3 aromatic rings. The fourth-order valence-electron chi connectivity index (χ4n) is 3.21. The SMILES string of the molecule is N#Cc1cccc(COCCOc2ccc(CCNC[C@H](O)c3ccc(O)c(F)c3)cc2)c1. The normalized spacial score (nSPS) is 11.7. The molecule has 0 aromatic heterocycles. The van der Waals surface area contributed by atoms with Crippen LogP contribution in [0.25, 0.3) is 0 Å². The van der Waals surface area contributed by atoms with Crippen LogP contribution in [-0.4, -0.2) is 36.5 Å². The van der Waals surface area contributed by atoms with Gasteiger partial charge in [-0.1, -0.05) is 30.3 Å². The lowest BCUT2D eigenvalue weighted by molar-refractivity contribution is 0.0889. The van der Waals surface area contributed by atoms with E-state index in [-0.39, 0.29) is 6.54 Å². The van der Waals surface area contributed by atoms with E-state index in [9.17, 15) is 14.6 Å². The summed E-state index contributed by atoms with van der Waals surface area (Å²) in [5.74, 6) is -0.418. The Bertz CT molecular complexity index is 1070. The van der Waals surface area contributed by atoms with E-state index in [0.29, 0.717) is 37.5 Å². The Morgan fingerprint density at radius 2 is 1.82 bits per heavy atom. The van der Waals surface area contributed by atoms with Crippen molar-refractivity contribution in [2.45, 2.75) is 19.1 Å². The fourth-order valence-corrected chi connectivity index (χ4v) is 3.21. The molecule has 7 heteroatoms. The zero-order valence-electron chi connectivity index (χ0n) is 18.2. The highest BCUT2D eigenvalue weighted by Crippen LogP contribution is 2.20. The van der Waals surface area contributed by atoms with E-state index >= 15 is 0 Å². The Morgan fingerprint density at radius 3 is 2.58 bits per heavy atom. The number of phenols is 1. The Kier molecular flexibility index (Phi) is 9.21. The molecular formula is C26H27FN2O4. The summed E-state index contributed by atoms with van der Waals surface area (Å²) in [5.41, 5.74) is 3.11. The molecule has 0 fully saturated rings. The van der Waals surface area contributed by atoms with Crippen LogP contribution in [0, 0.1) is 17.1 Å². The summed E-state index contributed by atoms with van der Waals surface area (Å²) in [6.07, 6.45) is -0.0877. The molecule has 6 nitrogen and oxygen atoms in total. The highest BCUT2D eigenvalue weighted by molar-refractivity contribution is 5.32. The molecule has 0 bridgehead atoms. The van der Waals surface area contributed by atoms with Gasteiger partial charge in [0.2, 0.25) is 0 Å². The molecule has 0 radical (unpaired) electrons. The summed E-state index contributed by atoms with van der Waals surface area (Å²) in [6, 6.07) is 21.1. The molecule has 1 atom stereocenters. The van der Waals surface area contributed by atoms with Crippen molar-refractivity contribution in [2.24, 2.45) is 0 Å². The minimum Gasteiger partial charge on any atom is -0.505 e. The van der Waals surface area contributed by atoms with E-state index in [2.05, 4.69) is 11.4 Å². The van der Waals surface area contributed by atoms with Gasteiger partial charge in [0.15, 0.2) is 11.6 Å². The van der Waals surface area contributed by atoms with Crippen LogP contribution in [-0.2, 0) is 17.8 Å². The molecular weight excluding hydrogens is 423 g/mol. The van der Waals surface area contributed by atoms with Crippen LogP contribution in [0.15, 0.2) is 66.7 Å². The van der Waals surface area contributed by atoms with E-state index in [1.807, 2.05) is 42.5 Å². The zero-order valence-corrected chi connectivity index (χ0v) is 18.2. The van der Waals surface area contributed by atoms with Crippen LogP contribution in [0.4, 0.5) is 4.39 Å². The van der Waals surface area contributed by atoms with Crippen molar-refractivity contribution < 1.29 is 24.1 Å². The van der Waals surface area contributed by atoms with Crippen LogP contribution < -0.4 is 10.1 Å². The number of aliphatic hydroxyl groups is 1. The Labute approximate surface area is 192 Å². The first-order chi connectivity index (χ1) is 16.0. The van der Waals surface area contributed by atoms with Gasteiger partial charge in [0.05, 0.1) is 31.0 Å². The minimum atomic E-state index is -0.853. The first-order valence-electron chi connectivity index (χ1n) is 10.7. The first-order valence-corrected chi connectivity index (χ1v) is 10.7. The smallest absolute Gasteiger partial charge is 0.165 e. The van der Waals surface area contributed by atoms with Crippen molar-refractivity contribution in [3.8, 4) is 17.6 Å². The van der Waals surface area contributed by atoms with Crippen molar-refractivity contribution in [2.75, 3.05) is 26.3 Å². The van der Waals surface area contributed by atoms with Crippen molar-refractivity contribution in [1.82, 2.24) is 5.32 Å². The predicted octanol–water partition coefficient (Wildman–Crippen LogP) is 3.86. The second-order valence-electron chi connectivity index (χ2n) is 7.54. The fraction of sp³-hybridized carbons (Fsp3) is 0.269. The number of nitrogens with one attached hydrogen (secondary N) is 1. The quantitative estimate of drug-likeness (QED) is 0.363. The van der Waals surface area contributed by atoms with Gasteiger partial charge in [0, 0.05) is 6.54 Å². The summed E-state index contributed by atoms with van der Waals surface area (Å²) in [4.78, 5) is 0. The van der Waals surface area contributed by atoms with E-state index < -0.39 is 17.7 Å². The third kappa shape index (κ3) is 7.88. The zero-order chi connectivity index (χ0) is 23.5. The average molecular weight is 451 g/mol. The number of nitrogens with zero attached hydrogens (tertiary/aromatic N) is 1. The third-order valence-electron chi connectivity index (χ3n) is 5.03. The number of phenolic OH excluding ortho intramolecular Hbond substituents is 1. The monoisotopic (exact) mass is 450 g/mol. The van der Waals surface area contributed by atoms with Gasteiger partial charge in [-0.2, -0.15) is 5.26 Å². The maximum Gasteiger partial charge on any atom is 0.165 e. The number of hydrogen-bond acceptors (Lipinski definition) is 6. The average Bonchev–Trinajstić information content (AvgIpc) is 2.84. The molecule has 0 aliphatic heterocycles. The molecule has 172 valence electrons. The van der Waals surface area contributed by atoms with Gasteiger partial charge in [-0.05, 0) is 66.1 Å². The van der Waals surface area contributed by atoms with Gasteiger partial charge in [-0.25, -0.2) is 4.39 Å². The standard InChI is InChI=1S/C26H27FN2O4/c27-24-15-22(6-9-25(24)30)26(31)17-29-11-10-19-4-7-23(8-5-19)33-13-12-32-18-21-3-1-2-20(14-21)16-28/h1-9,14-15,26,29-31H,10-13,17-18H2/t26-/m0/s1. The molecule has 0 aliphatic rings. The maximum atomic E-state index is 13.4. The van der Waals surface area contributed by atoms with Crippen molar-refractivity contribution >= 4 is 0 Å². The highest BCUT2D eigenvalue weighted by atomic mass is 19.1. The summed E-state index contributed by atoms with van der Waals surface area (Å²) in [5, 5.41) is 31.4. The summed E-state index contributed by atoms with van der Waals surface area (Å²) in [6.45, 7) is 2.23. The number of benzene rings is 3. The van der Waals surface area contributed by atoms with Gasteiger partial charge >= 0.3 is 0 Å². The first kappa shape index (κ1) is 24.2. The van der Waals surface area contributed by atoms with E-state index in [0.717, 1.165) is 29.4 Å². The van der Waals surface area contributed by atoms with Crippen LogP contribution in [0.1, 0.15) is 28.4 Å². The lowest BCUT2D eigenvalue weighted by Crippen LogP contribution is -2.23. The van der Waals surface area contributed by atoms with Crippen LogP contribution >= 0.6 is 0 Å². The molecule has 0 saturated heterocycles. The molecule has 33 heavy (non-hydrogen) atoms. The minimum absolute atomic E-state index is 0.284. The molecule has 0 saturated carbocycles. The topological polar surface area (TPSA) is 94.7 Å². The highest BCUT2D eigenvalue weighted by Gasteiger charge is 2.10. The van der Waals surface area contributed by atoms with E-state index in [4.69, 9.17) is 14.7 Å². The van der Waals surface area contributed by atoms with Gasteiger partial charge < -0.3 is 25.0 Å². The maximum absolute atomic E-state index is 13.4. The lowest BCUT2D eigenvalue weighted by atomic mass is 10.1. The number of aromatic hydroxyl groups is 1. The van der Waals surface area contributed by atoms with Crippen LogP contribution in [0.5, 0.6) is 11.5 Å². The van der Waals surface area contributed by atoms with Crippen molar-refractivity contribution in [3.63, 3.8) is 0 Å². The molecule has 0 spiro atoms. The van der Waals surface area contributed by atoms with Crippen molar-refractivity contribution in [1.29, 1.82) is 5.26 Å². The summed E-state index contributed by atoms with van der Waals surface area (Å²) >= 11 is 0. The molecule has 0 heterocycles. The number of ether oxygens (including phenoxy) is 2. The van der Waals surface area contributed by atoms with E-state index in [1.165, 1.54) is 12.1 Å². The van der Waals surface area contributed by atoms with Crippen LogP contribution in [0.2, 0.25) is 0 Å². The number of aliphatic hydroxyl groups excluding tert-OH is 1. The number of rotatable bonds is 12. The van der Waals surface area contributed by atoms with Gasteiger partial charge in [-0.15, -0.1) is 0 Å². The van der Waals surface area contributed by atoms with E-state index in [1.54, 1.807) is 6.07 Å². The third-order valence-corrected chi connectivity index (χ3v) is 5.03. The summed E-state index contributed by atoms with van der Waals surface area (Å²) < 4.78 is 24.7. The molecule has 3 aromatic carbocycles. The molecule has 0 amide bonds. The molecule has 0 aliphatic carbocycles. The molecule has 3 rings (SSSR count). The largest absolute Gasteiger partial charge is 0.505 e. The lowest BCUT2D eigenvalue weighted by Gasteiger charge is -2.13. The van der Waals surface area contributed by atoms with Crippen LogP contribution in [0.3, 0.4) is 0 Å². The van der Waals surface area contributed by atoms with Gasteiger partial charge in [0.1, 0.15) is 12.4 Å². The Morgan fingerprint density at radius 1 is 1.00 bits per heavy atom. The second kappa shape index (κ2) is 12.6. The molecule has 3 N–H and O–H groups in total. The van der Waals surface area contributed by atoms with Gasteiger partial charge in [-0.3, -0.25) is 0 Å². The number of halogens is 1. The van der Waals surface area contributed by atoms with Crippen molar-refractivity contribution in [3.05, 3.63) is 94.8 Å².